The minimum atomic E-state index is -4.45. The lowest BCUT2D eigenvalue weighted by Crippen LogP contribution is -2.05. The van der Waals surface area contributed by atoms with Gasteiger partial charge in [-0.2, -0.15) is 13.2 Å². The number of carbonyl (C=O) groups excluding carboxylic acids is 1. The fraction of sp³-hybridized carbons (Fsp3) is 0.190. The van der Waals surface area contributed by atoms with Crippen LogP contribution in [-0.2, 0) is 10.9 Å². The van der Waals surface area contributed by atoms with Crippen molar-refractivity contribution in [2.24, 2.45) is 0 Å². The quantitative estimate of drug-likeness (QED) is 0.402. The van der Waals surface area contributed by atoms with Crippen molar-refractivity contribution in [3.05, 3.63) is 65.9 Å². The molecule has 0 unspecified atom stereocenters. The number of ether oxygens (including phenoxy) is 1. The van der Waals surface area contributed by atoms with Gasteiger partial charge in [-0.15, -0.1) is 11.8 Å². The molecule has 2 aromatic carbocycles. The first-order valence-electron chi connectivity index (χ1n) is 8.55. The van der Waals surface area contributed by atoms with Crippen LogP contribution in [0.2, 0.25) is 0 Å². The summed E-state index contributed by atoms with van der Waals surface area (Å²) in [5.74, 6) is -0.483. The first kappa shape index (κ1) is 20.1. The lowest BCUT2D eigenvalue weighted by Gasteiger charge is -2.14. The van der Waals surface area contributed by atoms with Gasteiger partial charge >= 0.3 is 12.1 Å². The van der Waals surface area contributed by atoms with Gasteiger partial charge in [0.05, 0.1) is 17.7 Å². The van der Waals surface area contributed by atoms with E-state index in [0.29, 0.717) is 27.9 Å². The molecule has 1 N–H and O–H groups in total. The fourth-order valence-electron chi connectivity index (χ4n) is 2.87. The molecule has 146 valence electrons. The molecule has 0 bridgehead atoms. The number of esters is 1. The highest BCUT2D eigenvalue weighted by Crippen LogP contribution is 2.38. The van der Waals surface area contributed by atoms with Crippen LogP contribution >= 0.6 is 11.8 Å². The Bertz CT molecular complexity index is 995. The number of alkyl halides is 3. The third-order valence-electron chi connectivity index (χ3n) is 4.21. The molecule has 0 radical (unpaired) electrons. The number of thioether (sulfide) groups is 1. The number of H-pyrrole nitrogens is 1. The van der Waals surface area contributed by atoms with Crippen molar-refractivity contribution < 1.29 is 22.7 Å². The molecular formula is C21H18F3NO2S. The van der Waals surface area contributed by atoms with E-state index in [-0.39, 0.29) is 6.61 Å². The third kappa shape index (κ3) is 4.25. The Kier molecular flexibility index (Phi) is 5.84. The number of aromatic amines is 1. The summed E-state index contributed by atoms with van der Waals surface area (Å²) >= 11 is 1.51. The second kappa shape index (κ2) is 8.14. The molecule has 0 aliphatic heterocycles. The van der Waals surface area contributed by atoms with Crippen molar-refractivity contribution in [3.8, 4) is 22.4 Å². The van der Waals surface area contributed by atoms with Gasteiger partial charge in [-0.3, -0.25) is 0 Å². The Morgan fingerprint density at radius 2 is 1.89 bits per heavy atom. The van der Waals surface area contributed by atoms with Crippen LogP contribution in [0.25, 0.3) is 22.4 Å². The number of aromatic nitrogens is 1. The van der Waals surface area contributed by atoms with Gasteiger partial charge in [-0.05, 0) is 54.6 Å². The van der Waals surface area contributed by atoms with E-state index in [1.165, 1.54) is 24.0 Å². The highest BCUT2D eigenvalue weighted by atomic mass is 32.2. The molecule has 1 aromatic heterocycles. The molecule has 7 heteroatoms. The minimum Gasteiger partial charge on any atom is -0.462 e. The van der Waals surface area contributed by atoms with Crippen molar-refractivity contribution in [1.29, 1.82) is 0 Å². The van der Waals surface area contributed by atoms with Crippen LogP contribution in [0.5, 0.6) is 0 Å². The monoisotopic (exact) mass is 405 g/mol. The summed E-state index contributed by atoms with van der Waals surface area (Å²) in [7, 11) is 0. The maximum atomic E-state index is 13.3. The smallest absolute Gasteiger partial charge is 0.416 e. The van der Waals surface area contributed by atoms with Gasteiger partial charge < -0.3 is 9.72 Å². The average Bonchev–Trinajstić information content (AvgIpc) is 3.17. The van der Waals surface area contributed by atoms with Crippen LogP contribution in [0.1, 0.15) is 22.8 Å². The zero-order valence-corrected chi connectivity index (χ0v) is 16.1. The molecule has 0 saturated heterocycles. The Hall–Kier alpha value is -2.67. The molecule has 28 heavy (non-hydrogen) atoms. The first-order valence-corrected chi connectivity index (χ1v) is 9.77. The Morgan fingerprint density at radius 3 is 2.57 bits per heavy atom. The Balaban J connectivity index is 2.14. The maximum Gasteiger partial charge on any atom is 0.416 e. The van der Waals surface area contributed by atoms with Crippen molar-refractivity contribution in [2.75, 3.05) is 12.9 Å². The van der Waals surface area contributed by atoms with Crippen molar-refractivity contribution in [2.45, 2.75) is 18.0 Å². The first-order chi connectivity index (χ1) is 13.3. The highest BCUT2D eigenvalue weighted by Gasteiger charge is 2.31. The van der Waals surface area contributed by atoms with E-state index in [1.807, 2.05) is 24.5 Å². The summed E-state index contributed by atoms with van der Waals surface area (Å²) in [6.45, 7) is 1.95. The summed E-state index contributed by atoms with van der Waals surface area (Å²) in [5, 5.41) is 0. The van der Waals surface area contributed by atoms with Crippen molar-refractivity contribution in [3.63, 3.8) is 0 Å². The molecule has 1 heterocycles. The molecule has 0 spiro atoms. The molecule has 3 aromatic rings. The van der Waals surface area contributed by atoms with Crippen molar-refractivity contribution in [1.82, 2.24) is 4.98 Å². The summed E-state index contributed by atoms with van der Waals surface area (Å²) in [4.78, 5) is 15.8. The van der Waals surface area contributed by atoms with Gasteiger partial charge in [0, 0.05) is 22.3 Å². The summed E-state index contributed by atoms with van der Waals surface area (Å²) in [6, 6.07) is 12.5. The van der Waals surface area contributed by atoms with Crippen LogP contribution in [0.15, 0.2) is 59.6 Å². The Morgan fingerprint density at radius 1 is 1.11 bits per heavy atom. The number of nitrogens with one attached hydrogen (secondary N) is 1. The maximum absolute atomic E-state index is 13.3. The molecule has 0 aliphatic carbocycles. The molecular weight excluding hydrogens is 387 g/mol. The lowest BCUT2D eigenvalue weighted by molar-refractivity contribution is -0.137. The largest absolute Gasteiger partial charge is 0.462 e. The van der Waals surface area contributed by atoms with Gasteiger partial charge in [0.1, 0.15) is 0 Å². The summed E-state index contributed by atoms with van der Waals surface area (Å²) < 4.78 is 44.8. The van der Waals surface area contributed by atoms with E-state index >= 15 is 0 Å². The van der Waals surface area contributed by atoms with Gasteiger partial charge in [-0.1, -0.05) is 18.2 Å². The second-order valence-corrected chi connectivity index (χ2v) is 6.89. The molecule has 3 rings (SSSR count). The summed E-state index contributed by atoms with van der Waals surface area (Å²) in [5.41, 5.74) is 1.81. The van der Waals surface area contributed by atoms with Crippen LogP contribution < -0.4 is 0 Å². The SMILES string of the molecule is CCOC(=O)c1c[nH]c(-c2ccc(C(F)(F)F)cc2-c2cccc(SC)c2)c1. The lowest BCUT2D eigenvalue weighted by atomic mass is 9.95. The number of rotatable bonds is 5. The van der Waals surface area contributed by atoms with E-state index in [4.69, 9.17) is 4.74 Å². The van der Waals surface area contributed by atoms with Crippen LogP contribution in [0, 0.1) is 0 Å². The fourth-order valence-corrected chi connectivity index (χ4v) is 3.33. The van der Waals surface area contributed by atoms with Gasteiger partial charge in [-0.25, -0.2) is 4.79 Å². The van der Waals surface area contributed by atoms with E-state index in [9.17, 15) is 18.0 Å². The Labute approximate surface area is 164 Å². The van der Waals surface area contributed by atoms with Gasteiger partial charge in [0.15, 0.2) is 0 Å². The normalized spacial score (nSPS) is 11.5. The van der Waals surface area contributed by atoms with Crippen LogP contribution in [0.4, 0.5) is 13.2 Å². The number of benzene rings is 2. The molecule has 0 amide bonds. The predicted octanol–water partition coefficient (Wildman–Crippen LogP) is 6.27. The zero-order chi connectivity index (χ0) is 20.3. The van der Waals surface area contributed by atoms with Crippen LogP contribution in [0.3, 0.4) is 0 Å². The molecule has 0 saturated carbocycles. The third-order valence-corrected chi connectivity index (χ3v) is 4.94. The van der Waals surface area contributed by atoms with E-state index in [2.05, 4.69) is 4.98 Å². The standard InChI is InChI=1S/C21H18F3NO2S/c1-3-27-20(26)14-10-19(25-12-14)17-8-7-15(21(22,23)24)11-18(17)13-5-4-6-16(9-13)28-2/h4-12,25H,3H2,1-2H3. The minimum absolute atomic E-state index is 0.242. The van der Waals surface area contributed by atoms with Gasteiger partial charge in [0.2, 0.25) is 0 Å². The van der Waals surface area contributed by atoms with Crippen molar-refractivity contribution >= 4 is 17.7 Å². The van der Waals surface area contributed by atoms with E-state index in [1.54, 1.807) is 19.1 Å². The number of hydrogen-bond donors (Lipinski definition) is 1. The average molecular weight is 405 g/mol. The molecule has 0 fully saturated rings. The van der Waals surface area contributed by atoms with E-state index in [0.717, 1.165) is 17.0 Å². The topological polar surface area (TPSA) is 42.1 Å². The van der Waals surface area contributed by atoms with Crippen LogP contribution in [-0.4, -0.2) is 23.8 Å². The number of carbonyl (C=O) groups is 1. The van der Waals surface area contributed by atoms with Gasteiger partial charge in [0.25, 0.3) is 0 Å². The predicted molar refractivity (Wildman–Crippen MR) is 104 cm³/mol. The summed E-state index contributed by atoms with van der Waals surface area (Å²) in [6.07, 6.45) is -1.05. The second-order valence-electron chi connectivity index (χ2n) is 6.01. The van der Waals surface area contributed by atoms with E-state index < -0.39 is 17.7 Å². The molecule has 3 nitrogen and oxygen atoms in total. The molecule has 0 atom stereocenters. The highest BCUT2D eigenvalue weighted by molar-refractivity contribution is 7.98. The number of halogens is 3. The number of hydrogen-bond acceptors (Lipinski definition) is 3. The molecule has 0 aliphatic rings. The zero-order valence-electron chi connectivity index (χ0n) is 15.3.